The molecule has 11 heavy (non-hydrogen) atoms. The number of rotatable bonds is 3. The van der Waals surface area contributed by atoms with Gasteiger partial charge in [0, 0.05) is 0 Å². The van der Waals surface area contributed by atoms with E-state index in [1.165, 1.54) is 0 Å². The Hall–Kier alpha value is -0.0900. The first-order chi connectivity index (χ1) is 5.29. The van der Waals surface area contributed by atoms with Crippen molar-refractivity contribution in [2.45, 2.75) is 12.4 Å². The fourth-order valence-corrected chi connectivity index (χ4v) is 1.67. The molecule has 0 fully saturated rings. The summed E-state index contributed by atoms with van der Waals surface area (Å²) in [5, 5.41) is 3.92. The fourth-order valence-electron chi connectivity index (χ4n) is 0.793. The molecule has 0 aliphatic carbocycles. The first kappa shape index (κ1) is 9.00. The molecule has 0 saturated carbocycles. The summed E-state index contributed by atoms with van der Waals surface area (Å²) in [6.07, 6.45) is 1.62. The van der Waals surface area contributed by atoms with Gasteiger partial charge in [-0.05, 0) is 15.9 Å². The lowest BCUT2D eigenvalue weighted by Gasteiger charge is -2.00. The summed E-state index contributed by atoms with van der Waals surface area (Å²) >= 11 is 8.86. The highest BCUT2D eigenvalue weighted by molar-refractivity contribution is 9.10. The molecule has 0 unspecified atom stereocenters. The summed E-state index contributed by atoms with van der Waals surface area (Å²) in [5.41, 5.74) is 0.823. The Labute approximate surface area is 77.5 Å². The van der Waals surface area contributed by atoms with Gasteiger partial charge >= 0.3 is 0 Å². The van der Waals surface area contributed by atoms with Crippen LogP contribution in [0.3, 0.4) is 0 Å². The molecule has 0 saturated heterocycles. The summed E-state index contributed by atoms with van der Waals surface area (Å²) in [4.78, 5) is 0. The number of hydrogen-bond donors (Lipinski definition) is 0. The lowest BCUT2D eigenvalue weighted by Crippen LogP contribution is -2.04. The zero-order valence-electron chi connectivity index (χ0n) is 5.73. The van der Waals surface area contributed by atoms with Gasteiger partial charge in [-0.25, -0.2) is 4.39 Å². The quantitative estimate of drug-likeness (QED) is 0.743. The zero-order chi connectivity index (χ0) is 8.27. The van der Waals surface area contributed by atoms with Crippen LogP contribution < -0.4 is 0 Å². The smallest absolute Gasteiger partial charge is 0.109 e. The van der Waals surface area contributed by atoms with E-state index in [-0.39, 0.29) is 6.54 Å². The van der Waals surface area contributed by atoms with Crippen LogP contribution in [0.4, 0.5) is 4.39 Å². The van der Waals surface area contributed by atoms with Crippen molar-refractivity contribution in [3.63, 3.8) is 0 Å². The molecule has 0 aliphatic rings. The molecule has 0 atom stereocenters. The third kappa shape index (κ3) is 1.93. The number of alkyl halides is 2. The monoisotopic (exact) mass is 240 g/mol. The molecule has 0 radical (unpaired) electrons. The molecule has 1 aromatic heterocycles. The maximum atomic E-state index is 11.9. The highest BCUT2D eigenvalue weighted by Crippen LogP contribution is 2.17. The van der Waals surface area contributed by atoms with Gasteiger partial charge in [-0.2, -0.15) is 5.10 Å². The Morgan fingerprint density at radius 2 is 2.45 bits per heavy atom. The second-order valence-electron chi connectivity index (χ2n) is 1.98. The summed E-state index contributed by atoms with van der Waals surface area (Å²) in [5.74, 6) is 0.348. The number of halogens is 3. The van der Waals surface area contributed by atoms with Gasteiger partial charge in [0.05, 0.1) is 28.8 Å². The van der Waals surface area contributed by atoms with Crippen molar-refractivity contribution in [1.82, 2.24) is 9.78 Å². The number of aromatic nitrogens is 2. The van der Waals surface area contributed by atoms with Crippen LogP contribution in [0.1, 0.15) is 5.69 Å². The van der Waals surface area contributed by atoms with Crippen LogP contribution in [0.5, 0.6) is 0 Å². The van der Waals surface area contributed by atoms with E-state index < -0.39 is 6.67 Å². The van der Waals surface area contributed by atoms with Gasteiger partial charge in [0.2, 0.25) is 0 Å². The minimum Gasteiger partial charge on any atom is -0.265 e. The SMILES string of the molecule is FCCn1ncc(Br)c1CCl. The van der Waals surface area contributed by atoms with Gasteiger partial charge in [-0.3, -0.25) is 4.68 Å². The number of nitrogens with zero attached hydrogens (tertiary/aromatic N) is 2. The summed E-state index contributed by atoms with van der Waals surface area (Å²) in [6.45, 7) is -0.147. The molecule has 0 bridgehead atoms. The van der Waals surface area contributed by atoms with E-state index in [1.54, 1.807) is 10.9 Å². The summed E-state index contributed by atoms with van der Waals surface area (Å²) in [7, 11) is 0. The number of aryl methyl sites for hydroxylation is 1. The second kappa shape index (κ2) is 4.07. The largest absolute Gasteiger partial charge is 0.265 e. The van der Waals surface area contributed by atoms with Crippen molar-refractivity contribution in [3.8, 4) is 0 Å². The molecule has 0 amide bonds. The van der Waals surface area contributed by atoms with Crippen LogP contribution >= 0.6 is 27.5 Å². The van der Waals surface area contributed by atoms with Gasteiger partial charge in [-0.15, -0.1) is 11.6 Å². The maximum absolute atomic E-state index is 11.9. The van der Waals surface area contributed by atoms with Gasteiger partial charge < -0.3 is 0 Å². The van der Waals surface area contributed by atoms with E-state index in [1.807, 2.05) is 0 Å². The first-order valence-electron chi connectivity index (χ1n) is 3.11. The molecule has 0 N–H and O–H groups in total. The molecule has 1 aromatic rings. The van der Waals surface area contributed by atoms with Crippen LogP contribution in [-0.2, 0) is 12.4 Å². The summed E-state index contributed by atoms with van der Waals surface area (Å²) < 4.78 is 14.3. The normalized spacial score (nSPS) is 10.5. The highest BCUT2D eigenvalue weighted by atomic mass is 79.9. The molecular weight excluding hydrogens is 234 g/mol. The Morgan fingerprint density at radius 3 is 3.00 bits per heavy atom. The van der Waals surface area contributed by atoms with Crippen LogP contribution in [0.2, 0.25) is 0 Å². The third-order valence-corrected chi connectivity index (χ3v) is 2.24. The van der Waals surface area contributed by atoms with E-state index in [9.17, 15) is 4.39 Å². The minimum atomic E-state index is -0.419. The Balaban J connectivity index is 2.86. The highest BCUT2D eigenvalue weighted by Gasteiger charge is 2.05. The van der Waals surface area contributed by atoms with Gasteiger partial charge in [0.25, 0.3) is 0 Å². The molecule has 0 aliphatic heterocycles. The molecular formula is C6H7BrClFN2. The third-order valence-electron chi connectivity index (χ3n) is 1.32. The minimum absolute atomic E-state index is 0.271. The van der Waals surface area contributed by atoms with Gasteiger partial charge in [-0.1, -0.05) is 0 Å². The molecule has 2 nitrogen and oxygen atoms in total. The molecule has 1 heterocycles. The standard InChI is InChI=1S/C6H7BrClFN2/c7-5-4-10-11(2-1-9)6(5)3-8/h4H,1-3H2. The fraction of sp³-hybridized carbons (Fsp3) is 0.500. The Kier molecular flexibility index (Phi) is 3.33. The van der Waals surface area contributed by atoms with Crippen molar-refractivity contribution in [3.05, 3.63) is 16.4 Å². The van der Waals surface area contributed by atoms with Crippen LogP contribution in [-0.4, -0.2) is 16.5 Å². The summed E-state index contributed by atoms with van der Waals surface area (Å²) in [6, 6.07) is 0. The van der Waals surface area contributed by atoms with Crippen molar-refractivity contribution in [2.24, 2.45) is 0 Å². The van der Waals surface area contributed by atoms with Crippen LogP contribution in [0.25, 0.3) is 0 Å². The van der Waals surface area contributed by atoms with E-state index in [0.29, 0.717) is 5.88 Å². The number of hydrogen-bond acceptors (Lipinski definition) is 1. The van der Waals surface area contributed by atoms with Crippen molar-refractivity contribution >= 4 is 27.5 Å². The zero-order valence-corrected chi connectivity index (χ0v) is 8.07. The second-order valence-corrected chi connectivity index (χ2v) is 3.11. The molecule has 62 valence electrons. The van der Waals surface area contributed by atoms with Crippen LogP contribution in [0.15, 0.2) is 10.7 Å². The molecule has 0 aromatic carbocycles. The Bertz CT molecular complexity index is 238. The van der Waals surface area contributed by atoms with Crippen molar-refractivity contribution < 1.29 is 4.39 Å². The van der Waals surface area contributed by atoms with E-state index in [4.69, 9.17) is 11.6 Å². The average Bonchev–Trinajstić information content (AvgIpc) is 2.33. The molecule has 5 heteroatoms. The first-order valence-corrected chi connectivity index (χ1v) is 4.44. The predicted molar refractivity (Wildman–Crippen MR) is 45.5 cm³/mol. The maximum Gasteiger partial charge on any atom is 0.109 e. The van der Waals surface area contributed by atoms with Crippen LogP contribution in [0, 0.1) is 0 Å². The van der Waals surface area contributed by atoms with E-state index >= 15 is 0 Å². The van der Waals surface area contributed by atoms with Gasteiger partial charge in [0.15, 0.2) is 0 Å². The van der Waals surface area contributed by atoms with Gasteiger partial charge in [0.1, 0.15) is 6.67 Å². The average molecular weight is 241 g/mol. The van der Waals surface area contributed by atoms with E-state index in [2.05, 4.69) is 21.0 Å². The topological polar surface area (TPSA) is 17.8 Å². The Morgan fingerprint density at radius 1 is 1.73 bits per heavy atom. The van der Waals surface area contributed by atoms with E-state index in [0.717, 1.165) is 10.2 Å². The van der Waals surface area contributed by atoms with Crippen molar-refractivity contribution in [2.75, 3.05) is 6.67 Å². The molecule has 1 rings (SSSR count). The lowest BCUT2D eigenvalue weighted by atomic mass is 10.5. The lowest BCUT2D eigenvalue weighted by molar-refractivity contribution is 0.422. The van der Waals surface area contributed by atoms with Crippen molar-refractivity contribution in [1.29, 1.82) is 0 Å². The predicted octanol–water partition coefficient (Wildman–Crippen LogP) is 2.35. The molecule has 0 spiro atoms.